The summed E-state index contributed by atoms with van der Waals surface area (Å²) < 4.78 is 68.0. The highest BCUT2D eigenvalue weighted by atomic mass is 35.5. The van der Waals surface area contributed by atoms with Gasteiger partial charge >= 0.3 is 0 Å². The van der Waals surface area contributed by atoms with Crippen LogP contribution < -0.4 is 9.44 Å². The van der Waals surface area contributed by atoms with E-state index in [1.807, 2.05) is 0 Å². The van der Waals surface area contributed by atoms with Crippen LogP contribution in [0.25, 0.3) is 0 Å². The smallest absolute Gasteiger partial charge is 0.261 e. The van der Waals surface area contributed by atoms with Crippen LogP contribution in [0.1, 0.15) is 5.56 Å². The average Bonchev–Trinajstić information content (AvgIpc) is 2.63. The highest BCUT2D eigenvalue weighted by Gasteiger charge is 2.18. The molecule has 0 aliphatic rings. The fourth-order valence-corrected chi connectivity index (χ4v) is 5.46. The summed E-state index contributed by atoms with van der Waals surface area (Å²) in [6.45, 7) is 1.57. The van der Waals surface area contributed by atoms with Crippen molar-refractivity contribution in [3.63, 3.8) is 0 Å². The van der Waals surface area contributed by atoms with Gasteiger partial charge in [0, 0.05) is 15.7 Å². The van der Waals surface area contributed by atoms with E-state index in [1.165, 1.54) is 54.6 Å². The molecule has 30 heavy (non-hydrogen) atoms. The second-order valence-electron chi connectivity index (χ2n) is 6.30. The van der Waals surface area contributed by atoms with Crippen LogP contribution in [0, 0.1) is 12.7 Å². The number of hydrogen-bond donors (Lipinski definition) is 2. The fraction of sp³-hybridized carbons (Fsp3) is 0.0526. The van der Waals surface area contributed by atoms with E-state index in [0.717, 1.165) is 6.07 Å². The van der Waals surface area contributed by atoms with Gasteiger partial charge in [-0.15, -0.1) is 0 Å². The maximum Gasteiger partial charge on any atom is 0.261 e. The topological polar surface area (TPSA) is 92.3 Å². The van der Waals surface area contributed by atoms with Crippen molar-refractivity contribution in [2.45, 2.75) is 16.7 Å². The third-order valence-electron chi connectivity index (χ3n) is 4.00. The number of rotatable bonds is 6. The van der Waals surface area contributed by atoms with Crippen molar-refractivity contribution in [3.8, 4) is 0 Å². The Morgan fingerprint density at radius 1 is 0.733 bits per heavy atom. The first kappa shape index (κ1) is 22.4. The van der Waals surface area contributed by atoms with Crippen LogP contribution in [0.2, 0.25) is 10.0 Å². The lowest BCUT2D eigenvalue weighted by atomic mass is 10.2. The minimum absolute atomic E-state index is 0.0972. The minimum atomic E-state index is -3.98. The summed E-state index contributed by atoms with van der Waals surface area (Å²) in [5.74, 6) is -0.479. The van der Waals surface area contributed by atoms with Crippen LogP contribution in [0.4, 0.5) is 15.8 Å². The maximum atomic E-state index is 13.2. The number of aryl methyl sites for hydroxylation is 1. The van der Waals surface area contributed by atoms with E-state index >= 15 is 0 Å². The molecule has 0 aliphatic heterocycles. The molecule has 0 amide bonds. The predicted molar refractivity (Wildman–Crippen MR) is 116 cm³/mol. The van der Waals surface area contributed by atoms with Gasteiger partial charge in [-0.05, 0) is 73.2 Å². The van der Waals surface area contributed by atoms with Crippen molar-refractivity contribution in [1.82, 2.24) is 0 Å². The number of halogens is 3. The molecule has 3 aromatic rings. The van der Waals surface area contributed by atoms with Crippen LogP contribution in [-0.2, 0) is 20.0 Å². The molecular formula is C19H15Cl2FN2O4S2. The molecule has 0 bridgehead atoms. The molecule has 2 N–H and O–H groups in total. The van der Waals surface area contributed by atoms with E-state index in [1.54, 1.807) is 6.92 Å². The molecule has 0 aliphatic carbocycles. The lowest BCUT2D eigenvalue weighted by Gasteiger charge is -2.12. The Morgan fingerprint density at radius 3 is 1.87 bits per heavy atom. The van der Waals surface area contributed by atoms with Crippen LogP contribution in [-0.4, -0.2) is 16.8 Å². The first-order valence-electron chi connectivity index (χ1n) is 8.34. The summed E-state index contributed by atoms with van der Waals surface area (Å²) in [6.07, 6.45) is 0. The van der Waals surface area contributed by atoms with E-state index in [2.05, 4.69) is 9.44 Å². The molecule has 158 valence electrons. The molecule has 0 atom stereocenters. The van der Waals surface area contributed by atoms with Crippen molar-refractivity contribution in [1.29, 1.82) is 0 Å². The number of benzene rings is 3. The van der Waals surface area contributed by atoms with Gasteiger partial charge in [-0.1, -0.05) is 23.2 Å². The monoisotopic (exact) mass is 488 g/mol. The summed E-state index contributed by atoms with van der Waals surface area (Å²) in [5.41, 5.74) is 0.796. The molecule has 0 unspecified atom stereocenters. The Balaban J connectivity index is 1.81. The zero-order chi connectivity index (χ0) is 22.1. The van der Waals surface area contributed by atoms with Gasteiger partial charge in [-0.2, -0.15) is 0 Å². The van der Waals surface area contributed by atoms with Crippen molar-refractivity contribution in [2.24, 2.45) is 0 Å². The van der Waals surface area contributed by atoms with Gasteiger partial charge < -0.3 is 0 Å². The fourth-order valence-electron chi connectivity index (χ4n) is 2.55. The van der Waals surface area contributed by atoms with Gasteiger partial charge in [0.1, 0.15) is 5.82 Å². The summed E-state index contributed by atoms with van der Waals surface area (Å²) in [6, 6.07) is 12.6. The second-order valence-corrected chi connectivity index (χ2v) is 10.5. The quantitative estimate of drug-likeness (QED) is 0.508. The number of nitrogens with one attached hydrogen (secondary N) is 2. The Morgan fingerprint density at radius 2 is 1.30 bits per heavy atom. The molecule has 3 aromatic carbocycles. The molecule has 0 heterocycles. The lowest BCUT2D eigenvalue weighted by molar-refractivity contribution is 0.600. The molecular weight excluding hydrogens is 474 g/mol. The Bertz CT molecular complexity index is 1290. The van der Waals surface area contributed by atoms with Crippen molar-refractivity contribution in [3.05, 3.63) is 82.1 Å². The molecule has 0 saturated carbocycles. The molecule has 0 fully saturated rings. The Kier molecular flexibility index (Phi) is 6.28. The van der Waals surface area contributed by atoms with Gasteiger partial charge in [0.05, 0.1) is 15.5 Å². The molecule has 0 saturated heterocycles. The standard InChI is InChI=1S/C19H15Cl2FN2O4S2/c1-12-8-15(22)2-7-19(12)24-29(25,26)17-5-3-16(4-6-17)23-30(27,28)18-10-13(20)9-14(21)11-18/h2-11,23-24H,1H3. The van der Waals surface area contributed by atoms with Crippen LogP contribution in [0.5, 0.6) is 0 Å². The number of anilines is 2. The van der Waals surface area contributed by atoms with Gasteiger partial charge in [-0.25, -0.2) is 21.2 Å². The van der Waals surface area contributed by atoms with E-state index in [0.29, 0.717) is 5.56 Å². The highest BCUT2D eigenvalue weighted by molar-refractivity contribution is 7.93. The number of hydrogen-bond acceptors (Lipinski definition) is 4. The van der Waals surface area contributed by atoms with Crippen LogP contribution >= 0.6 is 23.2 Å². The Hall–Kier alpha value is -2.33. The number of sulfonamides is 2. The van der Waals surface area contributed by atoms with Gasteiger partial charge in [0.2, 0.25) is 0 Å². The summed E-state index contributed by atoms with van der Waals surface area (Å²) in [4.78, 5) is -0.231. The van der Waals surface area contributed by atoms with E-state index in [9.17, 15) is 21.2 Å². The van der Waals surface area contributed by atoms with Gasteiger partial charge in [-0.3, -0.25) is 9.44 Å². The lowest BCUT2D eigenvalue weighted by Crippen LogP contribution is -2.15. The first-order valence-corrected chi connectivity index (χ1v) is 12.1. The van der Waals surface area contributed by atoms with E-state index in [4.69, 9.17) is 23.2 Å². The summed E-state index contributed by atoms with van der Waals surface area (Å²) in [5, 5.41) is 0.318. The minimum Gasteiger partial charge on any atom is -0.280 e. The predicted octanol–water partition coefficient (Wildman–Crippen LogP) is 5.04. The summed E-state index contributed by atoms with van der Waals surface area (Å²) in [7, 11) is -7.94. The normalized spacial score (nSPS) is 11.9. The maximum absolute atomic E-state index is 13.2. The molecule has 0 radical (unpaired) electrons. The van der Waals surface area contributed by atoms with Gasteiger partial charge in [0.25, 0.3) is 20.0 Å². The first-order chi connectivity index (χ1) is 14.0. The zero-order valence-corrected chi connectivity index (χ0v) is 18.5. The van der Waals surface area contributed by atoms with E-state index in [-0.39, 0.29) is 31.2 Å². The van der Waals surface area contributed by atoms with Gasteiger partial charge in [0.15, 0.2) is 0 Å². The van der Waals surface area contributed by atoms with Crippen LogP contribution in [0.3, 0.4) is 0 Å². The van der Waals surface area contributed by atoms with Crippen molar-refractivity contribution < 1.29 is 21.2 Å². The average molecular weight is 489 g/mol. The second kappa shape index (κ2) is 8.43. The van der Waals surface area contributed by atoms with Crippen LogP contribution in [0.15, 0.2) is 70.5 Å². The molecule has 11 heteroatoms. The third kappa shape index (κ3) is 5.23. The highest BCUT2D eigenvalue weighted by Crippen LogP contribution is 2.25. The largest absolute Gasteiger partial charge is 0.280 e. The molecule has 6 nitrogen and oxygen atoms in total. The summed E-state index contributed by atoms with van der Waals surface area (Å²) >= 11 is 11.7. The molecule has 0 aromatic heterocycles. The SMILES string of the molecule is Cc1cc(F)ccc1NS(=O)(=O)c1ccc(NS(=O)(=O)c2cc(Cl)cc(Cl)c2)cc1. The van der Waals surface area contributed by atoms with E-state index < -0.39 is 25.9 Å². The molecule has 3 rings (SSSR count). The molecule has 0 spiro atoms. The van der Waals surface area contributed by atoms with Crippen molar-refractivity contribution >= 4 is 54.6 Å². The Labute approximate surface area is 183 Å². The van der Waals surface area contributed by atoms with Crippen molar-refractivity contribution in [2.75, 3.05) is 9.44 Å². The zero-order valence-electron chi connectivity index (χ0n) is 15.4. The third-order valence-corrected chi connectivity index (χ3v) is 7.17.